The van der Waals surface area contributed by atoms with Gasteiger partial charge >= 0.3 is 0 Å². The first-order valence-corrected chi connectivity index (χ1v) is 11.1. The fourth-order valence-electron chi connectivity index (χ4n) is 4.02. The summed E-state index contributed by atoms with van der Waals surface area (Å²) in [5.74, 6) is 0.472. The van der Waals surface area contributed by atoms with Gasteiger partial charge in [0.1, 0.15) is 23.4 Å². The summed E-state index contributed by atoms with van der Waals surface area (Å²) in [5.41, 5.74) is 1.74. The van der Waals surface area contributed by atoms with Crippen molar-refractivity contribution in [3.8, 4) is 22.6 Å². The van der Waals surface area contributed by atoms with E-state index in [4.69, 9.17) is 0 Å². The number of carbonyl (C=O) groups is 1. The fourth-order valence-corrected chi connectivity index (χ4v) is 4.02. The maximum atomic E-state index is 12.9. The largest absolute Gasteiger partial charge is 0.328 e. The summed E-state index contributed by atoms with van der Waals surface area (Å²) in [6.07, 6.45) is 12.7. The molecule has 2 saturated carbocycles. The Morgan fingerprint density at radius 3 is 2.79 bits per heavy atom. The number of nitrogens with zero attached hydrogens (tertiary/aromatic N) is 6. The fraction of sp³-hybridized carbons (Fsp3) is 0.304. The van der Waals surface area contributed by atoms with Crippen LogP contribution in [-0.2, 0) is 0 Å². The second-order valence-corrected chi connectivity index (χ2v) is 8.58. The number of H-pyrrole nitrogens is 1. The molecule has 6 rings (SSSR count). The number of amides is 1. The third-order valence-electron chi connectivity index (χ3n) is 6.26. The minimum atomic E-state index is -0.530. The van der Waals surface area contributed by atoms with Crippen molar-refractivity contribution in [3.63, 3.8) is 0 Å². The number of hydrogen-bond acceptors (Lipinski definition) is 6. The van der Waals surface area contributed by atoms with E-state index in [0.717, 1.165) is 36.8 Å². The molecule has 2 fully saturated rings. The highest BCUT2D eigenvalue weighted by molar-refractivity contribution is 6.04. The van der Waals surface area contributed by atoms with Crippen molar-refractivity contribution in [1.29, 1.82) is 0 Å². The van der Waals surface area contributed by atoms with Gasteiger partial charge in [-0.1, -0.05) is 6.07 Å². The first-order valence-electron chi connectivity index (χ1n) is 11.1. The molecule has 2 aliphatic rings. The number of nitrogens with one attached hydrogen (secondary N) is 2. The van der Waals surface area contributed by atoms with Gasteiger partial charge in [-0.25, -0.2) is 4.98 Å². The van der Waals surface area contributed by atoms with Crippen LogP contribution in [0.3, 0.4) is 0 Å². The van der Waals surface area contributed by atoms with Gasteiger partial charge in [-0.3, -0.25) is 14.3 Å². The summed E-state index contributed by atoms with van der Waals surface area (Å²) in [5, 5.41) is 15.4. The van der Waals surface area contributed by atoms with Crippen molar-refractivity contribution in [1.82, 2.24) is 34.5 Å². The molecule has 10 heteroatoms. The van der Waals surface area contributed by atoms with Crippen LogP contribution < -0.4 is 10.9 Å². The molecule has 10 nitrogen and oxygen atoms in total. The zero-order chi connectivity index (χ0) is 22.4. The summed E-state index contributed by atoms with van der Waals surface area (Å²) in [6, 6.07) is 7.73. The lowest BCUT2D eigenvalue weighted by molar-refractivity contribution is 0.102. The topological polar surface area (TPSA) is 123 Å². The maximum Gasteiger partial charge on any atom is 0.262 e. The van der Waals surface area contributed by atoms with Crippen molar-refractivity contribution < 1.29 is 4.79 Å². The standard InChI is InChI=1S/C23H22N8O2/c32-22-18(9-14(10-24-22)15-11-26-31(12-15)17-3-1-4-17)23(33)28-20-6-2-5-19(27-20)21-29-25-13-30(21)16-7-8-16/h2,5-6,9-13,16-17H,1,3-4,7-8H2,(H,24,32)(H,27,28,33). The number of hydrogen-bond donors (Lipinski definition) is 2. The van der Waals surface area contributed by atoms with E-state index in [-0.39, 0.29) is 5.56 Å². The Morgan fingerprint density at radius 1 is 1.12 bits per heavy atom. The first-order chi connectivity index (χ1) is 16.2. The van der Waals surface area contributed by atoms with Crippen molar-refractivity contribution in [2.45, 2.75) is 44.2 Å². The van der Waals surface area contributed by atoms with E-state index in [1.807, 2.05) is 21.5 Å². The molecule has 2 N–H and O–H groups in total. The lowest BCUT2D eigenvalue weighted by Gasteiger charge is -2.25. The Labute approximate surface area is 188 Å². The van der Waals surface area contributed by atoms with Crippen molar-refractivity contribution in [3.05, 3.63) is 65.1 Å². The molecule has 4 heterocycles. The van der Waals surface area contributed by atoms with Gasteiger partial charge in [-0.2, -0.15) is 5.10 Å². The molecule has 2 aliphatic carbocycles. The predicted molar refractivity (Wildman–Crippen MR) is 121 cm³/mol. The van der Waals surface area contributed by atoms with Crippen molar-refractivity contribution in [2.24, 2.45) is 0 Å². The molecule has 4 aromatic rings. The predicted octanol–water partition coefficient (Wildman–Crippen LogP) is 3.20. The summed E-state index contributed by atoms with van der Waals surface area (Å²) < 4.78 is 3.96. The smallest absolute Gasteiger partial charge is 0.262 e. The van der Waals surface area contributed by atoms with Gasteiger partial charge in [-0.15, -0.1) is 10.2 Å². The molecular formula is C23H22N8O2. The van der Waals surface area contributed by atoms with Crippen LogP contribution in [0.5, 0.6) is 0 Å². The number of rotatable bonds is 6. The third-order valence-corrected chi connectivity index (χ3v) is 6.26. The lowest BCUT2D eigenvalue weighted by Crippen LogP contribution is -2.23. The van der Waals surface area contributed by atoms with Crippen LogP contribution in [0.25, 0.3) is 22.6 Å². The SMILES string of the molecule is O=C(Nc1cccc(-c2nncn2C2CC2)n1)c1cc(-c2cnn(C3CCC3)c2)c[nH]c1=O. The van der Waals surface area contributed by atoms with Gasteiger partial charge in [-0.05, 0) is 50.3 Å². The first kappa shape index (κ1) is 19.6. The Bertz CT molecular complexity index is 1390. The minimum absolute atomic E-state index is 0.0113. The van der Waals surface area contributed by atoms with Gasteiger partial charge in [0.25, 0.3) is 11.5 Å². The zero-order valence-corrected chi connectivity index (χ0v) is 17.8. The average molecular weight is 442 g/mol. The Hall–Kier alpha value is -4.08. The summed E-state index contributed by atoms with van der Waals surface area (Å²) in [4.78, 5) is 32.5. The Kier molecular flexibility index (Phi) is 4.63. The molecule has 0 atom stereocenters. The molecular weight excluding hydrogens is 420 g/mol. The molecule has 0 spiro atoms. The summed E-state index contributed by atoms with van der Waals surface area (Å²) in [6.45, 7) is 0. The van der Waals surface area contributed by atoms with Crippen LogP contribution in [0.4, 0.5) is 5.82 Å². The highest BCUT2D eigenvalue weighted by Gasteiger charge is 2.27. The number of carbonyl (C=O) groups excluding carboxylic acids is 1. The number of aromatic nitrogens is 7. The Morgan fingerprint density at radius 2 is 2.00 bits per heavy atom. The van der Waals surface area contributed by atoms with Gasteiger partial charge in [0.15, 0.2) is 5.82 Å². The minimum Gasteiger partial charge on any atom is -0.328 e. The molecule has 166 valence electrons. The second-order valence-electron chi connectivity index (χ2n) is 8.58. The van der Waals surface area contributed by atoms with Crippen LogP contribution in [0, 0.1) is 0 Å². The molecule has 0 aliphatic heterocycles. The molecule has 0 aromatic carbocycles. The third kappa shape index (κ3) is 3.73. The average Bonchev–Trinajstić information content (AvgIpc) is 3.31. The van der Waals surface area contributed by atoms with E-state index < -0.39 is 11.5 Å². The quantitative estimate of drug-likeness (QED) is 0.473. The van der Waals surface area contributed by atoms with Crippen LogP contribution in [0.15, 0.2) is 54.0 Å². The van der Waals surface area contributed by atoms with E-state index >= 15 is 0 Å². The highest BCUT2D eigenvalue weighted by atomic mass is 16.2. The number of anilines is 1. The highest BCUT2D eigenvalue weighted by Crippen LogP contribution is 2.37. The van der Waals surface area contributed by atoms with E-state index in [0.29, 0.717) is 29.4 Å². The van der Waals surface area contributed by atoms with Gasteiger partial charge in [0, 0.05) is 29.6 Å². The van der Waals surface area contributed by atoms with Crippen molar-refractivity contribution in [2.75, 3.05) is 5.32 Å². The van der Waals surface area contributed by atoms with E-state index in [2.05, 4.69) is 30.6 Å². The lowest BCUT2D eigenvalue weighted by atomic mass is 9.93. The van der Waals surface area contributed by atoms with Crippen LogP contribution in [0.2, 0.25) is 0 Å². The molecule has 1 amide bonds. The monoisotopic (exact) mass is 442 g/mol. The number of pyridine rings is 2. The zero-order valence-electron chi connectivity index (χ0n) is 17.8. The molecule has 4 aromatic heterocycles. The van der Waals surface area contributed by atoms with E-state index in [1.54, 1.807) is 36.9 Å². The van der Waals surface area contributed by atoms with Crippen molar-refractivity contribution >= 4 is 11.7 Å². The van der Waals surface area contributed by atoms with Crippen LogP contribution in [0.1, 0.15) is 54.5 Å². The number of aromatic amines is 1. The molecule has 33 heavy (non-hydrogen) atoms. The molecule has 0 saturated heterocycles. The molecule has 0 radical (unpaired) electrons. The van der Waals surface area contributed by atoms with Crippen LogP contribution >= 0.6 is 0 Å². The van der Waals surface area contributed by atoms with E-state index in [1.165, 1.54) is 6.42 Å². The molecule has 0 unspecified atom stereocenters. The van der Waals surface area contributed by atoms with Gasteiger partial charge < -0.3 is 14.9 Å². The second kappa shape index (κ2) is 7.80. The summed E-state index contributed by atoms with van der Waals surface area (Å²) in [7, 11) is 0. The maximum absolute atomic E-state index is 12.9. The van der Waals surface area contributed by atoms with Gasteiger partial charge in [0.2, 0.25) is 0 Å². The summed E-state index contributed by atoms with van der Waals surface area (Å²) >= 11 is 0. The Balaban J connectivity index is 1.25. The van der Waals surface area contributed by atoms with Gasteiger partial charge in [0.05, 0.1) is 12.2 Å². The normalized spacial score (nSPS) is 15.9. The van der Waals surface area contributed by atoms with Crippen LogP contribution in [-0.4, -0.2) is 40.4 Å². The van der Waals surface area contributed by atoms with E-state index in [9.17, 15) is 9.59 Å². The molecule has 0 bridgehead atoms.